The maximum absolute atomic E-state index is 5.59. The fourth-order valence-electron chi connectivity index (χ4n) is 3.52. The predicted octanol–water partition coefficient (Wildman–Crippen LogP) is 5.62. The van der Waals surface area contributed by atoms with E-state index in [1.165, 1.54) is 27.1 Å². The molecule has 0 aliphatic heterocycles. The molecule has 0 aliphatic rings. The Kier molecular flexibility index (Phi) is 7.68. The van der Waals surface area contributed by atoms with Crippen LogP contribution in [0.1, 0.15) is 26.7 Å². The molecule has 0 unspecified atom stereocenters. The van der Waals surface area contributed by atoms with Gasteiger partial charge >= 0.3 is 0 Å². The molecule has 3 aromatic rings. The Bertz CT molecular complexity index is 1200. The van der Waals surface area contributed by atoms with Gasteiger partial charge in [-0.05, 0) is 69.6 Å². The first-order valence-electron chi connectivity index (χ1n) is 10.5. The molecule has 152 valence electrons. The summed E-state index contributed by atoms with van der Waals surface area (Å²) >= 11 is 0. The Morgan fingerprint density at radius 2 is 1.47 bits per heavy atom. The molecule has 2 nitrogen and oxygen atoms in total. The van der Waals surface area contributed by atoms with Crippen molar-refractivity contribution in [1.82, 2.24) is 0 Å². The lowest BCUT2D eigenvalue weighted by Crippen LogP contribution is -2.24. The molecular weight excluding hydrogens is 364 g/mol. The van der Waals surface area contributed by atoms with Gasteiger partial charge in [0, 0.05) is 11.9 Å². The number of fused-ring (bicyclic) bond motifs is 1. The van der Waals surface area contributed by atoms with Crippen molar-refractivity contribution in [2.24, 2.45) is 5.73 Å². The molecule has 30 heavy (non-hydrogen) atoms. The summed E-state index contributed by atoms with van der Waals surface area (Å²) in [6.45, 7) is 4.33. The van der Waals surface area contributed by atoms with E-state index in [0.29, 0.717) is 0 Å². The Morgan fingerprint density at radius 1 is 0.800 bits per heavy atom. The predicted molar refractivity (Wildman–Crippen MR) is 132 cm³/mol. The van der Waals surface area contributed by atoms with Gasteiger partial charge in [-0.15, -0.1) is 0 Å². The molecule has 0 radical (unpaired) electrons. The number of allylic oxidation sites excluding steroid dienone is 5. The number of nitrogens with one attached hydrogen (secondary N) is 1. The van der Waals surface area contributed by atoms with Gasteiger partial charge in [-0.1, -0.05) is 86.7 Å². The van der Waals surface area contributed by atoms with Crippen LogP contribution in [0.15, 0.2) is 102 Å². The topological polar surface area (TPSA) is 38.0 Å². The number of rotatable bonds is 7. The first-order valence-corrected chi connectivity index (χ1v) is 10.5. The average Bonchev–Trinajstić information content (AvgIpc) is 2.80. The highest BCUT2D eigenvalue weighted by atomic mass is 14.8. The van der Waals surface area contributed by atoms with Gasteiger partial charge in [-0.3, -0.25) is 0 Å². The van der Waals surface area contributed by atoms with Crippen LogP contribution in [0, 0.1) is 0 Å². The molecule has 3 rings (SSSR count). The smallest absolute Gasteiger partial charge is 0.0386 e. The van der Waals surface area contributed by atoms with Gasteiger partial charge in [0.05, 0.1) is 0 Å². The molecule has 3 N–H and O–H groups in total. The Labute approximate surface area is 179 Å². The zero-order valence-corrected chi connectivity index (χ0v) is 17.8. The Hall–Kier alpha value is -3.52. The van der Waals surface area contributed by atoms with E-state index in [4.69, 9.17) is 5.73 Å². The minimum atomic E-state index is 0.973. The molecule has 0 fully saturated rings. The molecule has 0 saturated heterocycles. The first-order chi connectivity index (χ1) is 14.7. The third-order valence-electron chi connectivity index (χ3n) is 5.18. The highest BCUT2D eigenvalue weighted by molar-refractivity contribution is 5.86. The highest BCUT2D eigenvalue weighted by Crippen LogP contribution is 2.18. The van der Waals surface area contributed by atoms with E-state index < -0.39 is 0 Å². The number of nitrogens with two attached hydrogens (primary N) is 1. The van der Waals surface area contributed by atoms with Gasteiger partial charge in [-0.2, -0.15) is 0 Å². The van der Waals surface area contributed by atoms with Crippen LogP contribution in [0.3, 0.4) is 0 Å². The number of anilines is 1. The van der Waals surface area contributed by atoms with Crippen molar-refractivity contribution in [3.8, 4) is 0 Å². The van der Waals surface area contributed by atoms with Crippen LogP contribution in [-0.2, 0) is 0 Å². The fourth-order valence-corrected chi connectivity index (χ4v) is 3.52. The van der Waals surface area contributed by atoms with Crippen LogP contribution < -0.4 is 21.5 Å². The molecule has 0 amide bonds. The lowest BCUT2D eigenvalue weighted by Gasteiger charge is -2.04. The monoisotopic (exact) mass is 394 g/mol. The van der Waals surface area contributed by atoms with Gasteiger partial charge in [0.15, 0.2) is 0 Å². The molecule has 0 aromatic heterocycles. The average molecular weight is 395 g/mol. The lowest BCUT2D eigenvalue weighted by molar-refractivity contribution is 1.05. The zero-order chi connectivity index (χ0) is 21.2. The summed E-state index contributed by atoms with van der Waals surface area (Å²) in [7, 11) is 0. The molecule has 0 spiro atoms. The third kappa shape index (κ3) is 5.51. The quantitative estimate of drug-likeness (QED) is 0.511. The van der Waals surface area contributed by atoms with Gasteiger partial charge in [-0.25, -0.2) is 0 Å². The fraction of sp³-hybridized carbons (Fsp3) is 0.143. The third-order valence-corrected chi connectivity index (χ3v) is 5.18. The lowest BCUT2D eigenvalue weighted by atomic mass is 10.0. The molecule has 2 heteroatoms. The van der Waals surface area contributed by atoms with E-state index in [0.717, 1.165) is 23.7 Å². The largest absolute Gasteiger partial charge is 0.405 e. The molecule has 0 bridgehead atoms. The summed E-state index contributed by atoms with van der Waals surface area (Å²) in [5.74, 6) is 0. The second-order valence-electron chi connectivity index (χ2n) is 7.12. The van der Waals surface area contributed by atoms with Gasteiger partial charge in [0.25, 0.3) is 0 Å². The summed E-state index contributed by atoms with van der Waals surface area (Å²) in [5.41, 5.74) is 9.26. The number of hydrogen-bond donors (Lipinski definition) is 2. The Morgan fingerprint density at radius 3 is 2.20 bits per heavy atom. The normalized spacial score (nSPS) is 14.1. The SMILES string of the molecule is CCC(/C=C\C=c1/cccc/c1=C\Nc1ccc2ccccc2c1)=C(/C=C/N)CC. The van der Waals surface area contributed by atoms with Crippen molar-refractivity contribution in [3.63, 3.8) is 0 Å². The van der Waals surface area contributed by atoms with Crippen LogP contribution in [0.2, 0.25) is 0 Å². The summed E-state index contributed by atoms with van der Waals surface area (Å²) in [4.78, 5) is 0. The van der Waals surface area contributed by atoms with Crippen LogP contribution in [0.25, 0.3) is 23.0 Å². The highest BCUT2D eigenvalue weighted by Gasteiger charge is 1.96. The van der Waals surface area contributed by atoms with Crippen LogP contribution in [0.5, 0.6) is 0 Å². The van der Waals surface area contributed by atoms with Crippen LogP contribution in [0.4, 0.5) is 5.69 Å². The van der Waals surface area contributed by atoms with E-state index >= 15 is 0 Å². The summed E-state index contributed by atoms with van der Waals surface area (Å²) in [6, 6.07) is 23.2. The van der Waals surface area contributed by atoms with Crippen LogP contribution >= 0.6 is 0 Å². The standard InChI is InChI=1S/C28H30N2/c1-3-22(23(4-2)18-19-29)14-9-15-24-10-6-8-13-27(24)21-30-28-17-16-25-11-5-7-12-26(25)20-28/h5-21,30H,3-4,29H2,1-2H3/b14-9-,19-18+,23-22-,24-15+,27-21+. The van der Waals surface area contributed by atoms with Crippen molar-refractivity contribution in [2.45, 2.75) is 26.7 Å². The number of hydrogen-bond acceptors (Lipinski definition) is 2. The molecule has 0 saturated carbocycles. The maximum Gasteiger partial charge on any atom is 0.0386 e. The minimum Gasteiger partial charge on any atom is -0.405 e. The van der Waals surface area contributed by atoms with Gasteiger partial charge in [0.2, 0.25) is 0 Å². The second-order valence-corrected chi connectivity index (χ2v) is 7.12. The summed E-state index contributed by atoms with van der Waals surface area (Å²) in [6.07, 6.45) is 14.1. The van der Waals surface area contributed by atoms with E-state index in [-0.39, 0.29) is 0 Å². The second kappa shape index (κ2) is 10.9. The first kappa shape index (κ1) is 21.2. The van der Waals surface area contributed by atoms with Gasteiger partial charge < -0.3 is 11.1 Å². The van der Waals surface area contributed by atoms with Crippen molar-refractivity contribution in [1.29, 1.82) is 0 Å². The molecular formula is C28H30N2. The summed E-state index contributed by atoms with van der Waals surface area (Å²) < 4.78 is 0. The van der Waals surface area contributed by atoms with E-state index in [1.54, 1.807) is 6.20 Å². The van der Waals surface area contributed by atoms with E-state index in [2.05, 4.69) is 110 Å². The summed E-state index contributed by atoms with van der Waals surface area (Å²) in [5, 5.41) is 8.25. The van der Waals surface area contributed by atoms with Crippen molar-refractivity contribution in [3.05, 3.63) is 113 Å². The molecule has 0 atom stereocenters. The molecule has 3 aromatic carbocycles. The molecule has 0 aliphatic carbocycles. The maximum atomic E-state index is 5.59. The minimum absolute atomic E-state index is 0.973. The van der Waals surface area contributed by atoms with E-state index in [9.17, 15) is 0 Å². The molecule has 0 heterocycles. The van der Waals surface area contributed by atoms with E-state index in [1.807, 2.05) is 6.08 Å². The number of benzene rings is 3. The van der Waals surface area contributed by atoms with Crippen molar-refractivity contribution in [2.75, 3.05) is 5.32 Å². The van der Waals surface area contributed by atoms with Crippen molar-refractivity contribution >= 4 is 28.7 Å². The van der Waals surface area contributed by atoms with Gasteiger partial charge in [0.1, 0.15) is 0 Å². The van der Waals surface area contributed by atoms with Crippen molar-refractivity contribution < 1.29 is 0 Å². The Balaban J connectivity index is 1.89. The zero-order valence-electron chi connectivity index (χ0n) is 17.8. The van der Waals surface area contributed by atoms with Crippen LogP contribution in [-0.4, -0.2) is 0 Å².